The first-order valence-corrected chi connectivity index (χ1v) is 18.5. The van der Waals surface area contributed by atoms with Gasteiger partial charge in [-0.3, -0.25) is 0 Å². The van der Waals surface area contributed by atoms with Crippen LogP contribution < -0.4 is 0 Å². The Balaban J connectivity index is 1.17. The highest BCUT2D eigenvalue weighted by molar-refractivity contribution is 6.23. The van der Waals surface area contributed by atoms with E-state index < -0.39 is 28.7 Å². The maximum Gasteiger partial charge on any atom is 0.208 e. The molecule has 272 valence electrons. The van der Waals surface area contributed by atoms with E-state index in [2.05, 4.69) is 60.7 Å². The molecule has 0 spiro atoms. The number of fused-ring (bicyclic) bond motifs is 8. The van der Waals surface area contributed by atoms with E-state index in [0.717, 1.165) is 88.0 Å². The highest BCUT2D eigenvalue weighted by atomic mass is 16.4. The Bertz CT molecular complexity index is 3380. The van der Waals surface area contributed by atoms with E-state index >= 15 is 0 Å². The molecule has 2 heterocycles. The second-order valence-electron chi connectivity index (χ2n) is 14.3. The number of phenolic OH excluding ortho intramolecular Hbond substituents is 5. The van der Waals surface area contributed by atoms with Crippen LogP contribution in [0.2, 0.25) is 0 Å². The molecule has 7 heteroatoms. The van der Waals surface area contributed by atoms with Crippen LogP contribution in [0.4, 0.5) is 0 Å². The monoisotopic (exact) mass is 742 g/mol. The van der Waals surface area contributed by atoms with Crippen molar-refractivity contribution in [3.8, 4) is 73.3 Å². The van der Waals surface area contributed by atoms with E-state index in [4.69, 9.17) is 8.83 Å². The van der Waals surface area contributed by atoms with Crippen LogP contribution in [0.25, 0.3) is 110 Å². The summed E-state index contributed by atoms with van der Waals surface area (Å²) >= 11 is 0. The Hall–Kier alpha value is -7.90. The van der Waals surface area contributed by atoms with Crippen molar-refractivity contribution in [1.29, 1.82) is 0 Å². The van der Waals surface area contributed by atoms with Crippen LogP contribution in [0.15, 0.2) is 160 Å². The molecule has 0 unspecified atom stereocenters. The first-order chi connectivity index (χ1) is 27.9. The van der Waals surface area contributed by atoms with Crippen molar-refractivity contribution in [2.75, 3.05) is 0 Å². The van der Waals surface area contributed by atoms with Crippen LogP contribution in [0, 0.1) is 0 Å². The zero-order valence-electron chi connectivity index (χ0n) is 30.0. The molecule has 0 atom stereocenters. The molecule has 0 bridgehead atoms. The number of para-hydroxylation sites is 3. The number of furan rings is 2. The molecular weight excluding hydrogens is 713 g/mol. The summed E-state index contributed by atoms with van der Waals surface area (Å²) in [7, 11) is 0. The van der Waals surface area contributed by atoms with Gasteiger partial charge in [0.1, 0.15) is 22.3 Å². The molecule has 0 aliphatic carbocycles. The van der Waals surface area contributed by atoms with Crippen LogP contribution in [0.1, 0.15) is 0 Å². The molecular formula is C50H30O7. The van der Waals surface area contributed by atoms with Crippen molar-refractivity contribution in [2.24, 2.45) is 0 Å². The van der Waals surface area contributed by atoms with Crippen LogP contribution in [-0.2, 0) is 0 Å². The van der Waals surface area contributed by atoms with Gasteiger partial charge in [0, 0.05) is 38.2 Å². The fraction of sp³-hybridized carbons (Fsp3) is 0. The zero-order chi connectivity index (χ0) is 38.5. The first kappa shape index (κ1) is 32.5. The molecule has 0 saturated heterocycles. The number of benzene rings is 9. The third kappa shape index (κ3) is 4.60. The lowest BCUT2D eigenvalue weighted by Crippen LogP contribution is -1.93. The van der Waals surface area contributed by atoms with E-state index in [9.17, 15) is 25.5 Å². The third-order valence-corrected chi connectivity index (χ3v) is 11.3. The molecule has 0 aliphatic heterocycles. The van der Waals surface area contributed by atoms with Crippen molar-refractivity contribution in [3.05, 3.63) is 152 Å². The molecule has 0 saturated carbocycles. The average molecular weight is 743 g/mol. The van der Waals surface area contributed by atoms with Gasteiger partial charge in [-0.1, -0.05) is 127 Å². The van der Waals surface area contributed by atoms with Crippen LogP contribution in [0.3, 0.4) is 0 Å². The standard InChI is InChI=1S/C50H30O7/c51-45-44(46(52)48(54)49(55)47(45)53)42-31-13-3-1-11-29(31)40(30-12-2-4-14-32(30)42)26-20-22-27(23-21-26)41-33(24-25-39-43(41)36-15-6-8-19-38(36)56-39)35-17-9-16-34-28-10-5-7-18-37(28)57-50(34)35/h1-25,51-55H. The second-order valence-corrected chi connectivity index (χ2v) is 14.3. The summed E-state index contributed by atoms with van der Waals surface area (Å²) in [6.45, 7) is 0. The Morgan fingerprint density at radius 2 is 0.754 bits per heavy atom. The minimum Gasteiger partial charge on any atom is -0.504 e. The van der Waals surface area contributed by atoms with Gasteiger partial charge in [0.25, 0.3) is 0 Å². The molecule has 11 aromatic rings. The topological polar surface area (TPSA) is 127 Å². The highest BCUT2D eigenvalue weighted by Gasteiger charge is 2.28. The number of aromatic hydroxyl groups is 5. The van der Waals surface area contributed by atoms with Crippen molar-refractivity contribution in [2.45, 2.75) is 0 Å². The molecule has 0 aliphatic rings. The van der Waals surface area contributed by atoms with Gasteiger partial charge < -0.3 is 34.4 Å². The molecule has 57 heavy (non-hydrogen) atoms. The SMILES string of the molecule is Oc1c(O)c(O)c(-c2c3ccccc3c(-c3ccc(-c4c(-c5cccc6c5oc5ccccc56)ccc5oc6ccccc6c45)cc3)c3ccccc23)c(O)c1O. The maximum absolute atomic E-state index is 11.1. The fourth-order valence-corrected chi connectivity index (χ4v) is 8.73. The van der Waals surface area contributed by atoms with E-state index in [1.54, 1.807) is 0 Å². The summed E-state index contributed by atoms with van der Waals surface area (Å²) in [5.41, 5.74) is 9.24. The van der Waals surface area contributed by atoms with Crippen LogP contribution in [0.5, 0.6) is 28.7 Å². The van der Waals surface area contributed by atoms with Gasteiger partial charge in [-0.25, -0.2) is 0 Å². The van der Waals surface area contributed by atoms with Gasteiger partial charge in [-0.05, 0) is 68.1 Å². The normalized spacial score (nSPS) is 11.9. The van der Waals surface area contributed by atoms with Gasteiger partial charge in [0.05, 0.1) is 5.56 Å². The summed E-state index contributed by atoms with van der Waals surface area (Å²) < 4.78 is 13.0. The Morgan fingerprint density at radius 3 is 1.37 bits per heavy atom. The highest BCUT2D eigenvalue weighted by Crippen LogP contribution is 2.58. The Kier molecular flexibility index (Phi) is 6.88. The largest absolute Gasteiger partial charge is 0.504 e. The van der Waals surface area contributed by atoms with Gasteiger partial charge in [0.15, 0.2) is 11.5 Å². The van der Waals surface area contributed by atoms with Crippen molar-refractivity contribution in [1.82, 2.24) is 0 Å². The lowest BCUT2D eigenvalue weighted by atomic mass is 9.84. The summed E-state index contributed by atoms with van der Waals surface area (Å²) in [5.74, 6) is -4.35. The van der Waals surface area contributed by atoms with E-state index in [1.807, 2.05) is 91.0 Å². The average Bonchev–Trinajstić information content (AvgIpc) is 3.83. The van der Waals surface area contributed by atoms with E-state index in [-0.39, 0.29) is 5.56 Å². The Labute approximate surface area is 323 Å². The van der Waals surface area contributed by atoms with Gasteiger partial charge in [0.2, 0.25) is 17.2 Å². The molecule has 5 N–H and O–H groups in total. The lowest BCUT2D eigenvalue weighted by Gasteiger charge is -2.20. The molecule has 0 radical (unpaired) electrons. The third-order valence-electron chi connectivity index (χ3n) is 11.3. The van der Waals surface area contributed by atoms with Gasteiger partial charge >= 0.3 is 0 Å². The first-order valence-electron chi connectivity index (χ1n) is 18.5. The summed E-state index contributed by atoms with van der Waals surface area (Å²) in [4.78, 5) is 0. The van der Waals surface area contributed by atoms with E-state index in [1.165, 1.54) is 0 Å². The minimum atomic E-state index is -1.00. The fourth-order valence-electron chi connectivity index (χ4n) is 8.73. The molecule has 2 aromatic heterocycles. The number of rotatable bonds is 4. The molecule has 0 fully saturated rings. The smallest absolute Gasteiger partial charge is 0.208 e. The maximum atomic E-state index is 11.1. The molecule has 0 amide bonds. The molecule has 11 rings (SSSR count). The van der Waals surface area contributed by atoms with Gasteiger partial charge in [-0.15, -0.1) is 0 Å². The minimum absolute atomic E-state index is 0.190. The summed E-state index contributed by atoms with van der Waals surface area (Å²) in [6, 6.07) is 50.2. The van der Waals surface area contributed by atoms with Crippen LogP contribution >= 0.6 is 0 Å². The molecule has 9 aromatic carbocycles. The summed E-state index contributed by atoms with van der Waals surface area (Å²) in [5, 5.41) is 60.6. The number of hydrogen-bond donors (Lipinski definition) is 5. The summed E-state index contributed by atoms with van der Waals surface area (Å²) in [6.07, 6.45) is 0. The number of hydrogen-bond acceptors (Lipinski definition) is 7. The second kappa shape index (κ2) is 12.1. The lowest BCUT2D eigenvalue weighted by molar-refractivity contribution is 0.330. The predicted octanol–water partition coefficient (Wildman–Crippen LogP) is 13.0. The zero-order valence-corrected chi connectivity index (χ0v) is 30.0. The molecule has 7 nitrogen and oxygen atoms in total. The number of phenols is 5. The van der Waals surface area contributed by atoms with Crippen molar-refractivity contribution >= 4 is 65.4 Å². The Morgan fingerprint density at radius 1 is 0.281 bits per heavy atom. The predicted molar refractivity (Wildman–Crippen MR) is 226 cm³/mol. The van der Waals surface area contributed by atoms with Crippen molar-refractivity contribution < 1.29 is 34.4 Å². The van der Waals surface area contributed by atoms with E-state index in [0.29, 0.717) is 16.3 Å². The quantitative estimate of drug-likeness (QED) is 0.0690. The van der Waals surface area contributed by atoms with Gasteiger partial charge in [-0.2, -0.15) is 0 Å². The van der Waals surface area contributed by atoms with Crippen LogP contribution in [-0.4, -0.2) is 25.5 Å². The van der Waals surface area contributed by atoms with Crippen molar-refractivity contribution in [3.63, 3.8) is 0 Å².